The van der Waals surface area contributed by atoms with E-state index in [9.17, 15) is 0 Å². The smallest absolute Gasteiger partial charge is 0.0961 e. The summed E-state index contributed by atoms with van der Waals surface area (Å²) in [6.07, 6.45) is 5.95. The van der Waals surface area contributed by atoms with Crippen LogP contribution in [-0.4, -0.2) is 10.7 Å². The first-order chi connectivity index (χ1) is 6.34. The summed E-state index contributed by atoms with van der Waals surface area (Å²) in [7, 11) is 0. The van der Waals surface area contributed by atoms with Gasteiger partial charge in [0.05, 0.1) is 16.9 Å². The van der Waals surface area contributed by atoms with E-state index in [1.807, 2.05) is 23.9 Å². The van der Waals surface area contributed by atoms with Crippen LogP contribution >= 0.6 is 11.8 Å². The van der Waals surface area contributed by atoms with Crippen molar-refractivity contribution in [1.82, 2.24) is 4.98 Å². The molecule has 1 aromatic rings. The zero-order valence-corrected chi connectivity index (χ0v) is 8.39. The first-order valence-corrected chi connectivity index (χ1v) is 5.67. The second kappa shape index (κ2) is 4.01. The van der Waals surface area contributed by atoms with Crippen molar-refractivity contribution in [3.8, 4) is 0 Å². The van der Waals surface area contributed by atoms with Gasteiger partial charge in [-0.25, -0.2) is 4.98 Å². The molecule has 2 rings (SSSR count). The van der Waals surface area contributed by atoms with Crippen molar-refractivity contribution in [3.63, 3.8) is 0 Å². The SMILES string of the molecule is Nc1ccc(SCCC2CC2)nc1. The molecule has 0 radical (unpaired) electrons. The lowest BCUT2D eigenvalue weighted by Gasteiger charge is -1.99. The van der Waals surface area contributed by atoms with Gasteiger partial charge >= 0.3 is 0 Å². The number of pyridine rings is 1. The Morgan fingerprint density at radius 2 is 2.31 bits per heavy atom. The monoisotopic (exact) mass is 194 g/mol. The van der Waals surface area contributed by atoms with Crippen LogP contribution in [0.3, 0.4) is 0 Å². The molecule has 0 amide bonds. The van der Waals surface area contributed by atoms with Gasteiger partial charge in [0.2, 0.25) is 0 Å². The van der Waals surface area contributed by atoms with Gasteiger partial charge in [0, 0.05) is 0 Å². The first-order valence-electron chi connectivity index (χ1n) is 4.69. The van der Waals surface area contributed by atoms with Crippen molar-refractivity contribution in [2.45, 2.75) is 24.3 Å². The Balaban J connectivity index is 1.76. The minimum Gasteiger partial charge on any atom is -0.397 e. The van der Waals surface area contributed by atoms with Crippen molar-refractivity contribution >= 4 is 17.4 Å². The molecule has 0 atom stereocenters. The van der Waals surface area contributed by atoms with E-state index in [2.05, 4.69) is 4.98 Å². The molecule has 0 spiro atoms. The fourth-order valence-corrected chi connectivity index (χ4v) is 2.17. The number of rotatable bonds is 4. The fourth-order valence-electron chi connectivity index (χ4n) is 1.21. The molecule has 2 N–H and O–H groups in total. The van der Waals surface area contributed by atoms with Crippen LogP contribution in [0.2, 0.25) is 0 Å². The second-order valence-electron chi connectivity index (χ2n) is 3.51. The van der Waals surface area contributed by atoms with Crippen LogP contribution in [0.5, 0.6) is 0 Å². The van der Waals surface area contributed by atoms with Gasteiger partial charge in [0.15, 0.2) is 0 Å². The number of nitrogens with two attached hydrogens (primary N) is 1. The lowest BCUT2D eigenvalue weighted by atomic mass is 10.3. The van der Waals surface area contributed by atoms with Crippen LogP contribution in [-0.2, 0) is 0 Å². The first kappa shape index (κ1) is 8.88. The molecule has 0 unspecified atom stereocenters. The largest absolute Gasteiger partial charge is 0.397 e. The third kappa shape index (κ3) is 2.92. The third-order valence-electron chi connectivity index (χ3n) is 2.23. The minimum absolute atomic E-state index is 0.742. The predicted molar refractivity (Wildman–Crippen MR) is 56.7 cm³/mol. The molecule has 0 bridgehead atoms. The van der Waals surface area contributed by atoms with E-state index < -0.39 is 0 Å². The van der Waals surface area contributed by atoms with E-state index in [-0.39, 0.29) is 0 Å². The Bertz CT molecular complexity index is 267. The molecule has 0 aromatic carbocycles. The van der Waals surface area contributed by atoms with E-state index >= 15 is 0 Å². The zero-order chi connectivity index (χ0) is 9.10. The van der Waals surface area contributed by atoms with Gasteiger partial charge in [-0.2, -0.15) is 0 Å². The number of hydrogen-bond donors (Lipinski definition) is 1. The second-order valence-corrected chi connectivity index (χ2v) is 4.63. The van der Waals surface area contributed by atoms with Crippen molar-refractivity contribution in [2.24, 2.45) is 5.92 Å². The highest BCUT2D eigenvalue weighted by Gasteiger charge is 2.20. The molecule has 70 valence electrons. The molecule has 1 heterocycles. The standard InChI is InChI=1S/C10H14N2S/c11-9-3-4-10(12-7-9)13-6-5-8-1-2-8/h3-4,7-8H,1-2,5-6,11H2. The van der Waals surface area contributed by atoms with Gasteiger partial charge in [-0.3, -0.25) is 0 Å². The fraction of sp³-hybridized carbons (Fsp3) is 0.500. The van der Waals surface area contributed by atoms with E-state index in [0.29, 0.717) is 0 Å². The molecule has 2 nitrogen and oxygen atoms in total. The molecule has 0 aliphatic heterocycles. The van der Waals surface area contributed by atoms with Gasteiger partial charge in [-0.1, -0.05) is 12.8 Å². The molecule has 1 aliphatic rings. The maximum Gasteiger partial charge on any atom is 0.0961 e. The Hall–Kier alpha value is -0.700. The van der Waals surface area contributed by atoms with Gasteiger partial charge in [-0.05, 0) is 30.2 Å². The van der Waals surface area contributed by atoms with Crippen molar-refractivity contribution in [1.29, 1.82) is 0 Å². The summed E-state index contributed by atoms with van der Waals surface area (Å²) in [6.45, 7) is 0. The topological polar surface area (TPSA) is 38.9 Å². The maximum atomic E-state index is 5.54. The highest BCUT2D eigenvalue weighted by atomic mass is 32.2. The molecule has 3 heteroatoms. The lowest BCUT2D eigenvalue weighted by molar-refractivity contribution is 0.808. The number of nitrogen functional groups attached to an aromatic ring is 1. The van der Waals surface area contributed by atoms with Crippen LogP contribution in [0.25, 0.3) is 0 Å². The summed E-state index contributed by atoms with van der Waals surface area (Å²) in [5.74, 6) is 2.21. The summed E-state index contributed by atoms with van der Waals surface area (Å²) in [4.78, 5) is 4.23. The van der Waals surface area contributed by atoms with Gasteiger partial charge in [0.25, 0.3) is 0 Å². The van der Waals surface area contributed by atoms with Crippen molar-refractivity contribution in [2.75, 3.05) is 11.5 Å². The molecule has 1 aliphatic carbocycles. The Labute approximate surface area is 82.9 Å². The number of aromatic nitrogens is 1. The quantitative estimate of drug-likeness (QED) is 0.749. The lowest BCUT2D eigenvalue weighted by Crippen LogP contribution is -1.88. The van der Waals surface area contributed by atoms with E-state index in [0.717, 1.165) is 16.6 Å². The van der Waals surface area contributed by atoms with E-state index in [4.69, 9.17) is 5.73 Å². The van der Waals surface area contributed by atoms with E-state index in [1.54, 1.807) is 6.20 Å². The maximum absolute atomic E-state index is 5.54. The normalized spacial score (nSPS) is 16.0. The van der Waals surface area contributed by atoms with Crippen molar-refractivity contribution < 1.29 is 0 Å². The number of anilines is 1. The minimum atomic E-state index is 0.742. The number of hydrogen-bond acceptors (Lipinski definition) is 3. The van der Waals surface area contributed by atoms with E-state index in [1.165, 1.54) is 25.0 Å². The molecule has 1 fully saturated rings. The predicted octanol–water partition coefficient (Wildman–Crippen LogP) is 2.56. The molecule has 1 saturated carbocycles. The molecule has 13 heavy (non-hydrogen) atoms. The van der Waals surface area contributed by atoms with Crippen molar-refractivity contribution in [3.05, 3.63) is 18.3 Å². The summed E-state index contributed by atoms with van der Waals surface area (Å²) in [5, 5.41) is 1.09. The van der Waals surface area contributed by atoms with Gasteiger partial charge < -0.3 is 5.73 Å². The summed E-state index contributed by atoms with van der Waals surface area (Å²) >= 11 is 1.83. The molecular formula is C10H14N2S. The summed E-state index contributed by atoms with van der Waals surface area (Å²) in [6, 6.07) is 3.90. The Morgan fingerprint density at radius 3 is 2.92 bits per heavy atom. The van der Waals surface area contributed by atoms with Crippen LogP contribution in [0.15, 0.2) is 23.4 Å². The number of nitrogens with zero attached hydrogens (tertiary/aromatic N) is 1. The zero-order valence-electron chi connectivity index (χ0n) is 7.57. The average molecular weight is 194 g/mol. The average Bonchev–Trinajstić information content (AvgIpc) is 2.92. The Morgan fingerprint density at radius 1 is 1.46 bits per heavy atom. The van der Waals surface area contributed by atoms with Gasteiger partial charge in [0.1, 0.15) is 0 Å². The molecule has 1 aromatic heterocycles. The number of thioether (sulfide) groups is 1. The molecule has 0 saturated heterocycles. The van der Waals surface area contributed by atoms with Crippen LogP contribution in [0, 0.1) is 5.92 Å². The summed E-state index contributed by atoms with van der Waals surface area (Å²) < 4.78 is 0. The highest BCUT2D eigenvalue weighted by Crippen LogP contribution is 2.34. The van der Waals surface area contributed by atoms with Crippen LogP contribution < -0.4 is 5.73 Å². The van der Waals surface area contributed by atoms with Crippen LogP contribution in [0.1, 0.15) is 19.3 Å². The molecular weight excluding hydrogens is 180 g/mol. The highest BCUT2D eigenvalue weighted by molar-refractivity contribution is 7.99. The Kier molecular flexibility index (Phi) is 2.74. The van der Waals surface area contributed by atoms with Gasteiger partial charge in [-0.15, -0.1) is 11.8 Å². The summed E-state index contributed by atoms with van der Waals surface area (Å²) in [5.41, 5.74) is 6.28. The third-order valence-corrected chi connectivity index (χ3v) is 3.21. The van der Waals surface area contributed by atoms with Crippen LogP contribution in [0.4, 0.5) is 5.69 Å².